The molecule has 0 fully saturated rings. The molecule has 0 heterocycles. The maximum absolute atomic E-state index is 10.5. The van der Waals surface area contributed by atoms with E-state index < -0.39 is 4.92 Å². The van der Waals surface area contributed by atoms with Crippen LogP contribution in [0.5, 0.6) is 0 Å². The van der Waals surface area contributed by atoms with Crippen LogP contribution < -0.4 is 5.73 Å². The molecule has 1 aromatic carbocycles. The van der Waals surface area contributed by atoms with Gasteiger partial charge in [-0.3, -0.25) is 10.1 Å². The predicted molar refractivity (Wildman–Crippen MR) is 60.1 cm³/mol. The lowest BCUT2D eigenvalue weighted by Crippen LogP contribution is -2.15. The number of nitro groups is 1. The molecule has 0 bridgehead atoms. The van der Waals surface area contributed by atoms with E-state index in [1.54, 1.807) is 6.07 Å². The molecule has 4 nitrogen and oxygen atoms in total. The van der Waals surface area contributed by atoms with Crippen LogP contribution in [0.3, 0.4) is 0 Å². The summed E-state index contributed by atoms with van der Waals surface area (Å²) in [7, 11) is 0. The molecule has 0 unspecified atom stereocenters. The van der Waals surface area contributed by atoms with Gasteiger partial charge in [0.2, 0.25) is 0 Å². The van der Waals surface area contributed by atoms with Gasteiger partial charge in [0.15, 0.2) is 0 Å². The molecule has 0 aromatic heterocycles. The van der Waals surface area contributed by atoms with Gasteiger partial charge in [-0.05, 0) is 31.4 Å². The van der Waals surface area contributed by atoms with Crippen molar-refractivity contribution >= 4 is 17.3 Å². The molecular formula is C10H13ClN2O2. The summed E-state index contributed by atoms with van der Waals surface area (Å²) in [6.07, 6.45) is 1.43. The van der Waals surface area contributed by atoms with Gasteiger partial charge in [0.1, 0.15) is 0 Å². The minimum atomic E-state index is -0.425. The van der Waals surface area contributed by atoms with Gasteiger partial charge in [-0.25, -0.2) is 0 Å². The van der Waals surface area contributed by atoms with Crippen molar-refractivity contribution < 1.29 is 4.92 Å². The first-order chi connectivity index (χ1) is 7.00. The number of nitro benzene ring substituents is 1. The van der Waals surface area contributed by atoms with Crippen LogP contribution >= 0.6 is 11.6 Å². The Labute approximate surface area is 93.2 Å². The van der Waals surface area contributed by atoms with Crippen molar-refractivity contribution in [2.75, 3.05) is 0 Å². The second kappa shape index (κ2) is 5.09. The van der Waals surface area contributed by atoms with Crippen molar-refractivity contribution in [2.45, 2.75) is 25.8 Å². The summed E-state index contributed by atoms with van der Waals surface area (Å²) in [6, 6.07) is 4.53. The normalized spacial score (nSPS) is 12.5. The van der Waals surface area contributed by atoms with E-state index >= 15 is 0 Å². The molecule has 0 aliphatic heterocycles. The summed E-state index contributed by atoms with van der Waals surface area (Å²) in [6.45, 7) is 1.89. The number of halogens is 1. The van der Waals surface area contributed by atoms with Gasteiger partial charge in [0.05, 0.1) is 4.92 Å². The first-order valence-corrected chi connectivity index (χ1v) is 5.07. The smallest absolute Gasteiger partial charge is 0.269 e. The third-order valence-corrected chi connectivity index (χ3v) is 2.48. The molecule has 0 aliphatic carbocycles. The van der Waals surface area contributed by atoms with E-state index in [0.717, 1.165) is 12.0 Å². The van der Waals surface area contributed by atoms with E-state index in [1.807, 2.05) is 6.92 Å². The number of nitrogens with zero attached hydrogens (tertiary/aromatic N) is 1. The fraction of sp³-hybridized carbons (Fsp3) is 0.400. The zero-order valence-electron chi connectivity index (χ0n) is 8.44. The monoisotopic (exact) mass is 228 g/mol. The predicted octanol–water partition coefficient (Wildman–Crippen LogP) is 2.53. The van der Waals surface area contributed by atoms with E-state index in [-0.39, 0.29) is 11.7 Å². The molecule has 0 radical (unpaired) electrons. The van der Waals surface area contributed by atoms with Crippen LogP contribution in [0.25, 0.3) is 0 Å². The van der Waals surface area contributed by atoms with E-state index in [9.17, 15) is 10.1 Å². The molecule has 0 saturated carbocycles. The zero-order chi connectivity index (χ0) is 11.4. The second-order valence-corrected chi connectivity index (χ2v) is 3.96. The summed E-state index contributed by atoms with van der Waals surface area (Å²) >= 11 is 5.92. The van der Waals surface area contributed by atoms with Crippen LogP contribution in [0.15, 0.2) is 18.2 Å². The SMILES string of the molecule is C[C@H](N)CCc1cc([N+](=O)[O-])ccc1Cl. The first-order valence-electron chi connectivity index (χ1n) is 4.69. The number of hydrogen-bond donors (Lipinski definition) is 1. The highest BCUT2D eigenvalue weighted by atomic mass is 35.5. The average molecular weight is 229 g/mol. The lowest BCUT2D eigenvalue weighted by Gasteiger charge is -2.06. The fourth-order valence-corrected chi connectivity index (χ4v) is 1.46. The second-order valence-electron chi connectivity index (χ2n) is 3.55. The molecule has 0 aliphatic rings. The summed E-state index contributed by atoms with van der Waals surface area (Å²) < 4.78 is 0. The Morgan fingerprint density at radius 2 is 2.27 bits per heavy atom. The summed E-state index contributed by atoms with van der Waals surface area (Å²) in [4.78, 5) is 10.1. The maximum atomic E-state index is 10.5. The molecule has 2 N–H and O–H groups in total. The Hall–Kier alpha value is -1.13. The molecule has 82 valence electrons. The van der Waals surface area contributed by atoms with Gasteiger partial charge in [-0.15, -0.1) is 0 Å². The van der Waals surface area contributed by atoms with Crippen molar-refractivity contribution in [3.8, 4) is 0 Å². The Kier molecular flexibility index (Phi) is 4.05. The fourth-order valence-electron chi connectivity index (χ4n) is 1.25. The van der Waals surface area contributed by atoms with Crippen molar-refractivity contribution in [1.82, 2.24) is 0 Å². The van der Waals surface area contributed by atoms with Crippen LogP contribution in [0, 0.1) is 10.1 Å². The summed E-state index contributed by atoms with van der Waals surface area (Å²) in [5, 5.41) is 11.1. The molecule has 0 saturated heterocycles. The van der Waals surface area contributed by atoms with Gasteiger partial charge in [-0.1, -0.05) is 11.6 Å². The van der Waals surface area contributed by atoms with Crippen molar-refractivity contribution in [1.29, 1.82) is 0 Å². The first kappa shape index (κ1) is 11.9. The molecule has 1 atom stereocenters. The van der Waals surface area contributed by atoms with Crippen molar-refractivity contribution in [2.24, 2.45) is 5.73 Å². The highest BCUT2D eigenvalue weighted by Gasteiger charge is 2.09. The Morgan fingerprint density at radius 1 is 1.60 bits per heavy atom. The zero-order valence-corrected chi connectivity index (χ0v) is 9.20. The van der Waals surface area contributed by atoms with Crippen LogP contribution in [-0.2, 0) is 6.42 Å². The number of hydrogen-bond acceptors (Lipinski definition) is 3. The minimum Gasteiger partial charge on any atom is -0.328 e. The van der Waals surface area contributed by atoms with E-state index in [4.69, 9.17) is 17.3 Å². The quantitative estimate of drug-likeness (QED) is 0.636. The van der Waals surface area contributed by atoms with Crippen molar-refractivity contribution in [3.05, 3.63) is 38.9 Å². The molecule has 15 heavy (non-hydrogen) atoms. The molecule has 0 amide bonds. The minimum absolute atomic E-state index is 0.0686. The van der Waals surface area contributed by atoms with Gasteiger partial charge < -0.3 is 5.73 Å². The van der Waals surface area contributed by atoms with Gasteiger partial charge in [-0.2, -0.15) is 0 Å². The number of non-ortho nitro benzene ring substituents is 1. The Balaban J connectivity index is 2.85. The molecular weight excluding hydrogens is 216 g/mol. The standard InChI is InChI=1S/C10H13ClN2O2/c1-7(12)2-3-8-6-9(13(14)15)4-5-10(8)11/h4-7H,2-3,12H2,1H3/t7-/m0/s1. The van der Waals surface area contributed by atoms with Crippen molar-refractivity contribution in [3.63, 3.8) is 0 Å². The average Bonchev–Trinajstić information content (AvgIpc) is 2.16. The number of rotatable bonds is 4. The highest BCUT2D eigenvalue weighted by molar-refractivity contribution is 6.31. The molecule has 1 aromatic rings. The summed E-state index contributed by atoms with van der Waals surface area (Å²) in [5.74, 6) is 0. The van der Waals surface area contributed by atoms with E-state index in [2.05, 4.69) is 0 Å². The Morgan fingerprint density at radius 3 is 2.80 bits per heavy atom. The maximum Gasteiger partial charge on any atom is 0.269 e. The van der Waals surface area contributed by atoms with Gasteiger partial charge in [0.25, 0.3) is 5.69 Å². The Bertz CT molecular complexity index is 366. The molecule has 0 spiro atoms. The number of benzene rings is 1. The largest absolute Gasteiger partial charge is 0.328 e. The third-order valence-electron chi connectivity index (χ3n) is 2.11. The number of nitrogens with two attached hydrogens (primary N) is 1. The molecule has 1 rings (SSSR count). The van der Waals surface area contributed by atoms with Crippen LogP contribution in [0.1, 0.15) is 18.9 Å². The summed E-state index contributed by atoms with van der Waals surface area (Å²) in [5.41, 5.74) is 6.46. The third kappa shape index (κ3) is 3.49. The lowest BCUT2D eigenvalue weighted by atomic mass is 10.1. The van der Waals surface area contributed by atoms with E-state index in [0.29, 0.717) is 11.4 Å². The van der Waals surface area contributed by atoms with E-state index in [1.165, 1.54) is 12.1 Å². The number of aryl methyl sites for hydroxylation is 1. The lowest BCUT2D eigenvalue weighted by molar-refractivity contribution is -0.384. The van der Waals surface area contributed by atoms with Gasteiger partial charge in [0, 0.05) is 23.2 Å². The van der Waals surface area contributed by atoms with Crippen LogP contribution in [-0.4, -0.2) is 11.0 Å². The van der Waals surface area contributed by atoms with Crippen LogP contribution in [0.2, 0.25) is 5.02 Å². The van der Waals surface area contributed by atoms with Gasteiger partial charge >= 0.3 is 0 Å². The van der Waals surface area contributed by atoms with Crippen LogP contribution in [0.4, 0.5) is 5.69 Å². The topological polar surface area (TPSA) is 69.2 Å². The highest BCUT2D eigenvalue weighted by Crippen LogP contribution is 2.23. The molecule has 5 heteroatoms.